The number of anilines is 1. The largest absolute Gasteiger partial charge is 0.335 e. The van der Waals surface area contributed by atoms with Crippen molar-refractivity contribution < 1.29 is 9.59 Å². The molecule has 0 radical (unpaired) electrons. The molecule has 1 N–H and O–H groups in total. The normalized spacial score (nSPS) is 18.0. The van der Waals surface area contributed by atoms with Gasteiger partial charge in [-0.2, -0.15) is 5.10 Å². The Bertz CT molecular complexity index is 908. The van der Waals surface area contributed by atoms with E-state index >= 15 is 0 Å². The summed E-state index contributed by atoms with van der Waals surface area (Å²) >= 11 is 0. The molecular weight excluding hydrogens is 378 g/mol. The summed E-state index contributed by atoms with van der Waals surface area (Å²) in [5, 5.41) is 7.31. The van der Waals surface area contributed by atoms with Crippen LogP contribution in [0.3, 0.4) is 0 Å². The zero-order valence-electron chi connectivity index (χ0n) is 17.9. The fraction of sp³-hybridized carbons (Fsp3) is 0.522. The molecule has 30 heavy (non-hydrogen) atoms. The van der Waals surface area contributed by atoms with Gasteiger partial charge in [0, 0.05) is 51.8 Å². The molecule has 1 aromatic heterocycles. The van der Waals surface area contributed by atoms with Crippen molar-refractivity contribution in [2.24, 2.45) is 13.0 Å². The van der Waals surface area contributed by atoms with Crippen LogP contribution in [0, 0.1) is 12.8 Å². The average molecular weight is 410 g/mol. The number of aromatic nitrogens is 2. The van der Waals surface area contributed by atoms with Crippen molar-refractivity contribution >= 4 is 17.6 Å². The van der Waals surface area contributed by atoms with Crippen LogP contribution in [0.1, 0.15) is 47.3 Å². The van der Waals surface area contributed by atoms with Crippen molar-refractivity contribution in [1.82, 2.24) is 19.6 Å². The topological polar surface area (TPSA) is 70.5 Å². The van der Waals surface area contributed by atoms with Gasteiger partial charge < -0.3 is 10.2 Å². The van der Waals surface area contributed by atoms with E-state index in [1.807, 2.05) is 4.90 Å². The van der Waals surface area contributed by atoms with Gasteiger partial charge in [0.15, 0.2) is 5.69 Å². The Balaban J connectivity index is 1.33. The molecule has 160 valence electrons. The van der Waals surface area contributed by atoms with E-state index in [0.29, 0.717) is 24.6 Å². The first-order valence-corrected chi connectivity index (χ1v) is 10.9. The van der Waals surface area contributed by atoms with Crippen molar-refractivity contribution in [3.05, 3.63) is 47.2 Å². The van der Waals surface area contributed by atoms with Gasteiger partial charge in [0.25, 0.3) is 5.91 Å². The molecule has 2 fully saturated rings. The molecule has 0 unspecified atom stereocenters. The molecule has 2 amide bonds. The molecule has 7 nitrogen and oxygen atoms in total. The van der Waals surface area contributed by atoms with E-state index in [4.69, 9.17) is 0 Å². The summed E-state index contributed by atoms with van der Waals surface area (Å²) in [6.07, 6.45) is 4.12. The quantitative estimate of drug-likeness (QED) is 0.824. The fourth-order valence-electron chi connectivity index (χ4n) is 4.40. The summed E-state index contributed by atoms with van der Waals surface area (Å²) in [5.74, 6) is 0.649. The Kier molecular flexibility index (Phi) is 6.18. The Morgan fingerprint density at radius 3 is 2.50 bits per heavy atom. The third kappa shape index (κ3) is 4.56. The summed E-state index contributed by atoms with van der Waals surface area (Å²) in [4.78, 5) is 29.6. The molecule has 0 spiro atoms. The molecule has 1 saturated carbocycles. The number of nitrogens with one attached hydrogen (secondary N) is 1. The van der Waals surface area contributed by atoms with Crippen LogP contribution < -0.4 is 5.32 Å². The zero-order valence-corrected chi connectivity index (χ0v) is 17.9. The summed E-state index contributed by atoms with van der Waals surface area (Å²) in [6, 6.07) is 10.1. The SMILES string of the molecule is Cc1ccccc1CN1CCN(C(=O)c2cc(NC(=O)C3CCCC3)n(C)n2)CC1. The molecule has 2 aliphatic rings. The van der Waals surface area contributed by atoms with Crippen molar-refractivity contribution in [3.63, 3.8) is 0 Å². The molecular formula is C23H31N5O2. The molecule has 1 saturated heterocycles. The van der Waals surface area contributed by atoms with E-state index in [1.165, 1.54) is 11.1 Å². The predicted molar refractivity (Wildman–Crippen MR) is 116 cm³/mol. The second-order valence-corrected chi connectivity index (χ2v) is 8.50. The summed E-state index contributed by atoms with van der Waals surface area (Å²) in [6.45, 7) is 6.11. The lowest BCUT2D eigenvalue weighted by atomic mass is 10.1. The highest BCUT2D eigenvalue weighted by Gasteiger charge is 2.27. The third-order valence-corrected chi connectivity index (χ3v) is 6.39. The van der Waals surface area contributed by atoms with Gasteiger partial charge in [-0.05, 0) is 30.9 Å². The number of carbonyl (C=O) groups is 2. The Morgan fingerprint density at radius 2 is 1.80 bits per heavy atom. The standard InChI is InChI=1S/C23H31N5O2/c1-17-7-3-4-10-19(17)16-27-11-13-28(14-12-27)23(30)20-15-21(26(2)25-20)24-22(29)18-8-5-6-9-18/h3-4,7,10,15,18H,5-6,8-9,11-14,16H2,1-2H3,(H,24,29). The number of amides is 2. The average Bonchev–Trinajstić information content (AvgIpc) is 3.40. The molecule has 0 atom stereocenters. The van der Waals surface area contributed by atoms with Crippen molar-refractivity contribution in [1.29, 1.82) is 0 Å². The molecule has 4 rings (SSSR count). The summed E-state index contributed by atoms with van der Waals surface area (Å²) in [7, 11) is 1.77. The first-order valence-electron chi connectivity index (χ1n) is 10.9. The highest BCUT2D eigenvalue weighted by Crippen LogP contribution is 2.26. The molecule has 1 aliphatic carbocycles. The van der Waals surface area contributed by atoms with Crippen LogP contribution in [0.15, 0.2) is 30.3 Å². The number of hydrogen-bond donors (Lipinski definition) is 1. The van der Waals surface area contributed by atoms with E-state index in [2.05, 4.69) is 46.5 Å². The number of hydrogen-bond acceptors (Lipinski definition) is 4. The molecule has 7 heteroatoms. The van der Waals surface area contributed by atoms with Crippen LogP contribution >= 0.6 is 0 Å². The van der Waals surface area contributed by atoms with Crippen LogP contribution in [0.5, 0.6) is 0 Å². The van der Waals surface area contributed by atoms with Gasteiger partial charge in [-0.25, -0.2) is 0 Å². The molecule has 1 aromatic carbocycles. The Labute approximate surface area is 178 Å². The van der Waals surface area contributed by atoms with E-state index in [1.54, 1.807) is 17.8 Å². The molecule has 2 aromatic rings. The predicted octanol–water partition coefficient (Wildman–Crippen LogP) is 2.82. The van der Waals surface area contributed by atoms with E-state index < -0.39 is 0 Å². The second kappa shape index (κ2) is 9.00. The highest BCUT2D eigenvalue weighted by molar-refractivity contribution is 5.96. The highest BCUT2D eigenvalue weighted by atomic mass is 16.2. The van der Waals surface area contributed by atoms with Crippen molar-refractivity contribution in [2.45, 2.75) is 39.2 Å². The van der Waals surface area contributed by atoms with Gasteiger partial charge in [-0.15, -0.1) is 0 Å². The number of piperazine rings is 1. The van der Waals surface area contributed by atoms with Gasteiger partial charge >= 0.3 is 0 Å². The fourth-order valence-corrected chi connectivity index (χ4v) is 4.40. The van der Waals surface area contributed by atoms with E-state index in [9.17, 15) is 9.59 Å². The maximum atomic E-state index is 12.9. The lowest BCUT2D eigenvalue weighted by Crippen LogP contribution is -2.48. The third-order valence-electron chi connectivity index (χ3n) is 6.39. The van der Waals surface area contributed by atoms with Gasteiger partial charge in [-0.1, -0.05) is 37.1 Å². The maximum absolute atomic E-state index is 12.9. The minimum Gasteiger partial charge on any atom is -0.335 e. The number of rotatable bonds is 5. The number of benzene rings is 1. The Morgan fingerprint density at radius 1 is 1.10 bits per heavy atom. The monoisotopic (exact) mass is 409 g/mol. The number of carbonyl (C=O) groups excluding carboxylic acids is 2. The van der Waals surface area contributed by atoms with Gasteiger partial charge in [0.05, 0.1) is 0 Å². The van der Waals surface area contributed by atoms with Crippen LogP contribution in [0.25, 0.3) is 0 Å². The van der Waals surface area contributed by atoms with Gasteiger partial charge in [-0.3, -0.25) is 19.2 Å². The molecule has 0 bridgehead atoms. The van der Waals surface area contributed by atoms with Crippen molar-refractivity contribution in [3.8, 4) is 0 Å². The number of nitrogens with zero attached hydrogens (tertiary/aromatic N) is 4. The zero-order chi connectivity index (χ0) is 21.1. The molecule has 1 aliphatic heterocycles. The summed E-state index contributed by atoms with van der Waals surface area (Å²) in [5.41, 5.74) is 3.04. The van der Waals surface area contributed by atoms with Crippen LogP contribution in [0.4, 0.5) is 5.82 Å². The van der Waals surface area contributed by atoms with E-state index in [0.717, 1.165) is 45.3 Å². The van der Waals surface area contributed by atoms with Crippen LogP contribution in [-0.4, -0.2) is 57.6 Å². The lowest BCUT2D eigenvalue weighted by molar-refractivity contribution is -0.119. The van der Waals surface area contributed by atoms with Crippen molar-refractivity contribution in [2.75, 3.05) is 31.5 Å². The van der Waals surface area contributed by atoms with Gasteiger partial charge in [0.2, 0.25) is 5.91 Å². The minimum atomic E-state index is -0.0671. The minimum absolute atomic E-state index is 0.0410. The van der Waals surface area contributed by atoms with E-state index in [-0.39, 0.29) is 17.7 Å². The van der Waals surface area contributed by atoms with Gasteiger partial charge in [0.1, 0.15) is 5.82 Å². The Hall–Kier alpha value is -2.67. The number of aryl methyl sites for hydroxylation is 2. The maximum Gasteiger partial charge on any atom is 0.274 e. The van der Waals surface area contributed by atoms with Crippen LogP contribution in [0.2, 0.25) is 0 Å². The lowest BCUT2D eigenvalue weighted by Gasteiger charge is -2.34. The molecule has 2 heterocycles. The first-order chi connectivity index (χ1) is 14.5. The first kappa shape index (κ1) is 20.6. The smallest absolute Gasteiger partial charge is 0.274 e. The summed E-state index contributed by atoms with van der Waals surface area (Å²) < 4.78 is 1.59. The second-order valence-electron chi connectivity index (χ2n) is 8.50. The van der Waals surface area contributed by atoms with Crippen LogP contribution in [-0.2, 0) is 18.4 Å².